The molecule has 0 atom stereocenters. The Bertz CT molecular complexity index is 2950. The number of amides is 1. The van der Waals surface area contributed by atoms with Crippen molar-refractivity contribution in [2.75, 3.05) is 18.0 Å². The number of carbonyl (C=O) groups excluding carboxylic acids is 1. The number of carbonyl (C=O) groups is 2. The van der Waals surface area contributed by atoms with E-state index in [1.54, 1.807) is 17.4 Å². The number of anilines is 2. The van der Waals surface area contributed by atoms with Gasteiger partial charge < -0.3 is 10.0 Å². The maximum absolute atomic E-state index is 13.5. The molecule has 5 aromatic carbocycles. The highest BCUT2D eigenvalue weighted by molar-refractivity contribution is 8.30. The number of nitrogens with zero attached hydrogens (tertiary/aromatic N) is 4. The van der Waals surface area contributed by atoms with Crippen molar-refractivity contribution in [1.82, 2.24) is 14.5 Å². The average molecular weight is 835 g/mol. The van der Waals surface area contributed by atoms with Gasteiger partial charge in [0.25, 0.3) is 11.5 Å². The minimum absolute atomic E-state index is 0.273. The van der Waals surface area contributed by atoms with Crippen LogP contribution in [-0.4, -0.2) is 48.8 Å². The Morgan fingerprint density at radius 2 is 1.57 bits per heavy atom. The van der Waals surface area contributed by atoms with Crippen molar-refractivity contribution < 1.29 is 14.7 Å². The quantitative estimate of drug-likeness (QED) is 0.115. The van der Waals surface area contributed by atoms with Crippen LogP contribution >= 0.6 is 46.7 Å². The molecule has 7 aromatic rings. The monoisotopic (exact) mass is 834 g/mol. The maximum atomic E-state index is 13.5. The van der Waals surface area contributed by atoms with Gasteiger partial charge in [-0.1, -0.05) is 103 Å². The summed E-state index contributed by atoms with van der Waals surface area (Å²) in [5.74, 6) is -1.49. The first kappa shape index (κ1) is 37.6. The van der Waals surface area contributed by atoms with Gasteiger partial charge in [-0.15, -0.1) is 22.7 Å². The zero-order valence-corrected chi connectivity index (χ0v) is 34.4. The lowest BCUT2D eigenvalue weighted by atomic mass is 9.96. The fourth-order valence-electron chi connectivity index (χ4n) is 7.36. The molecule has 0 saturated carbocycles. The Balaban J connectivity index is 0.978. The van der Waals surface area contributed by atoms with Crippen LogP contribution in [0.1, 0.15) is 34.7 Å². The van der Waals surface area contributed by atoms with Crippen molar-refractivity contribution in [3.05, 3.63) is 169 Å². The fraction of sp³-hybridized carbons (Fsp3) is 0.109. The lowest BCUT2D eigenvalue weighted by Crippen LogP contribution is -2.35. The van der Waals surface area contributed by atoms with E-state index in [4.69, 9.17) is 17.2 Å². The van der Waals surface area contributed by atoms with Gasteiger partial charge in [-0.2, -0.15) is 0 Å². The Labute approximate surface area is 351 Å². The van der Waals surface area contributed by atoms with Crippen LogP contribution < -0.4 is 19.7 Å². The van der Waals surface area contributed by atoms with Crippen LogP contribution in [0.2, 0.25) is 0 Å². The summed E-state index contributed by atoms with van der Waals surface area (Å²) in [5.41, 5.74) is 10.4. The molecule has 8 nitrogen and oxygen atoms in total. The molecule has 2 aromatic heterocycles. The second kappa shape index (κ2) is 15.8. The molecular formula is C46H34N4O4S4. The van der Waals surface area contributed by atoms with E-state index in [-0.39, 0.29) is 10.8 Å². The van der Waals surface area contributed by atoms with Crippen LogP contribution in [0.4, 0.5) is 11.4 Å². The van der Waals surface area contributed by atoms with Gasteiger partial charge in [-0.25, -0.2) is 4.98 Å². The van der Waals surface area contributed by atoms with Crippen molar-refractivity contribution in [3.63, 3.8) is 0 Å². The van der Waals surface area contributed by atoms with E-state index in [9.17, 15) is 19.5 Å². The van der Waals surface area contributed by atoms with Gasteiger partial charge in [0.2, 0.25) is 0 Å². The lowest BCUT2D eigenvalue weighted by Gasteiger charge is -2.20. The van der Waals surface area contributed by atoms with Gasteiger partial charge in [0.05, 0.1) is 14.7 Å². The topological polar surface area (TPSA) is 95.7 Å². The second-order valence-corrected chi connectivity index (χ2v) is 17.5. The van der Waals surface area contributed by atoms with Crippen molar-refractivity contribution in [2.24, 2.45) is 0 Å². The van der Waals surface area contributed by atoms with E-state index in [2.05, 4.69) is 102 Å². The van der Waals surface area contributed by atoms with E-state index >= 15 is 0 Å². The van der Waals surface area contributed by atoms with Gasteiger partial charge in [0.1, 0.15) is 25.4 Å². The molecule has 0 radical (unpaired) electrons. The van der Waals surface area contributed by atoms with Crippen LogP contribution in [0.15, 0.2) is 126 Å². The molecular weight excluding hydrogens is 801 g/mol. The predicted octanol–water partition coefficient (Wildman–Crippen LogP) is 8.37. The molecule has 1 N–H and O–H groups in total. The number of carboxylic acids is 1. The highest BCUT2D eigenvalue weighted by atomic mass is 32.2. The SMILES string of the molecule is CCN1C(=O)/C(=c2/s/c(=C\c3ccc4sc(-c5ccc6c(c5)CCN6c5ccc(C=C(c6ccccc6)c6ccccc6)cc5)nc4c3)c(=O)n2CC(=O)O)SC1=S. The number of hydrogen-bond donors (Lipinski definition) is 1. The molecule has 4 heterocycles. The summed E-state index contributed by atoms with van der Waals surface area (Å²) < 4.78 is 3.17. The van der Waals surface area contributed by atoms with Gasteiger partial charge in [0, 0.05) is 30.0 Å². The number of rotatable bonds is 9. The molecule has 0 spiro atoms. The van der Waals surface area contributed by atoms with E-state index in [1.165, 1.54) is 32.9 Å². The fourth-order valence-corrected chi connectivity index (χ4v) is 10.9. The van der Waals surface area contributed by atoms with E-state index in [0.29, 0.717) is 20.1 Å². The number of benzene rings is 5. The maximum Gasteiger partial charge on any atom is 0.323 e. The molecule has 286 valence electrons. The van der Waals surface area contributed by atoms with Crippen molar-refractivity contribution in [2.45, 2.75) is 19.9 Å². The Kier molecular flexibility index (Phi) is 10.2. The standard InChI is InChI=1S/C46H34N4O4S4/c1-2-48-44(54)41(58-46(48)55)45-50(27-40(51)52)43(53)39(57-45)25-29-15-20-38-36(24-29)47-42(56-38)33-16-19-37-32(26-33)21-22-49(37)34-17-13-28(14-18-34)23-35(30-9-5-3-6-10-30)31-11-7-4-8-12-31/h3-20,23-26H,2,21-22,27H2,1H3,(H,51,52)/b39-25-,45-41-. The number of thiocarbonyl (C=S) groups is 1. The summed E-state index contributed by atoms with van der Waals surface area (Å²) in [7, 11) is 0. The summed E-state index contributed by atoms with van der Waals surface area (Å²) in [6.45, 7) is 2.54. The van der Waals surface area contributed by atoms with Crippen LogP contribution in [0.3, 0.4) is 0 Å². The molecule has 0 aliphatic carbocycles. The summed E-state index contributed by atoms with van der Waals surface area (Å²) in [4.78, 5) is 47.4. The number of hydrogen-bond acceptors (Lipinski definition) is 9. The van der Waals surface area contributed by atoms with E-state index in [0.717, 1.165) is 78.2 Å². The normalized spacial score (nSPS) is 15.1. The Morgan fingerprint density at radius 3 is 2.24 bits per heavy atom. The predicted molar refractivity (Wildman–Crippen MR) is 242 cm³/mol. The number of carboxylic acid groups (broad SMARTS) is 1. The Hall–Kier alpha value is -5.92. The molecule has 2 aliphatic heterocycles. The number of thioether (sulfide) groups is 1. The first-order valence-electron chi connectivity index (χ1n) is 18.7. The molecule has 58 heavy (non-hydrogen) atoms. The van der Waals surface area contributed by atoms with Crippen LogP contribution in [0.25, 0.3) is 43.4 Å². The molecule has 2 aliphatic rings. The summed E-state index contributed by atoms with van der Waals surface area (Å²) in [6, 6.07) is 42.2. The third-order valence-electron chi connectivity index (χ3n) is 10.2. The smallest absolute Gasteiger partial charge is 0.323 e. The molecule has 1 amide bonds. The number of thiazole rings is 2. The van der Waals surface area contributed by atoms with Crippen molar-refractivity contribution in [3.8, 4) is 10.6 Å². The first-order valence-corrected chi connectivity index (χ1v) is 21.5. The number of aromatic nitrogens is 2. The average Bonchev–Trinajstić information content (AvgIpc) is 4.01. The van der Waals surface area contributed by atoms with E-state index in [1.807, 2.05) is 37.3 Å². The first-order chi connectivity index (χ1) is 28.2. The third-order valence-corrected chi connectivity index (χ3v) is 14.0. The molecule has 0 unspecified atom stereocenters. The minimum atomic E-state index is -1.17. The van der Waals surface area contributed by atoms with E-state index < -0.39 is 18.1 Å². The molecule has 0 bridgehead atoms. The second-order valence-electron chi connectivity index (χ2n) is 13.8. The summed E-state index contributed by atoms with van der Waals surface area (Å²) >= 11 is 9.18. The lowest BCUT2D eigenvalue weighted by molar-refractivity contribution is -0.137. The van der Waals surface area contributed by atoms with Gasteiger partial charge in [-0.05, 0) is 101 Å². The van der Waals surface area contributed by atoms with Gasteiger partial charge in [-0.3, -0.25) is 23.9 Å². The highest BCUT2D eigenvalue weighted by Crippen LogP contribution is 2.39. The molecule has 9 rings (SSSR count). The van der Waals surface area contributed by atoms with Gasteiger partial charge in [0.15, 0.2) is 0 Å². The van der Waals surface area contributed by atoms with Crippen LogP contribution in [0.5, 0.6) is 0 Å². The molecule has 1 fully saturated rings. The van der Waals surface area contributed by atoms with Crippen molar-refractivity contribution >= 4 is 107 Å². The summed E-state index contributed by atoms with van der Waals surface area (Å²) in [6.07, 6.45) is 4.91. The summed E-state index contributed by atoms with van der Waals surface area (Å²) in [5, 5.41) is 10.5. The van der Waals surface area contributed by atoms with Crippen LogP contribution in [0, 0.1) is 0 Å². The molecule has 12 heteroatoms. The third kappa shape index (κ3) is 7.24. The van der Waals surface area contributed by atoms with Gasteiger partial charge >= 0.3 is 5.97 Å². The molecule has 1 saturated heterocycles. The largest absolute Gasteiger partial charge is 0.480 e. The zero-order chi connectivity index (χ0) is 39.9. The number of aliphatic carboxylic acids is 1. The van der Waals surface area contributed by atoms with Crippen LogP contribution in [-0.2, 0) is 22.6 Å². The number of fused-ring (bicyclic) bond motifs is 2. The zero-order valence-electron chi connectivity index (χ0n) is 31.1. The Morgan fingerprint density at radius 1 is 0.862 bits per heavy atom. The van der Waals surface area contributed by atoms with Crippen molar-refractivity contribution in [1.29, 1.82) is 0 Å². The minimum Gasteiger partial charge on any atom is -0.480 e. The highest BCUT2D eigenvalue weighted by Gasteiger charge is 2.33.